The molecule has 7 nitrogen and oxygen atoms in total. The molecule has 18 heavy (non-hydrogen) atoms. The Morgan fingerprint density at radius 3 is 2.94 bits per heavy atom. The first-order valence-corrected chi connectivity index (χ1v) is 5.83. The van der Waals surface area contributed by atoms with Gasteiger partial charge in [0.05, 0.1) is 0 Å². The van der Waals surface area contributed by atoms with Crippen LogP contribution in [-0.4, -0.2) is 51.2 Å². The molecule has 0 amide bonds. The van der Waals surface area contributed by atoms with Crippen LogP contribution in [0.5, 0.6) is 0 Å². The molecule has 0 aromatic carbocycles. The van der Waals surface area contributed by atoms with Crippen molar-refractivity contribution in [1.29, 1.82) is 0 Å². The van der Waals surface area contributed by atoms with Gasteiger partial charge in [0.25, 0.3) is 0 Å². The third-order valence-corrected chi connectivity index (χ3v) is 2.60. The molecule has 0 aliphatic carbocycles. The highest BCUT2D eigenvalue weighted by atomic mass is 16.1. The summed E-state index contributed by atoms with van der Waals surface area (Å²) in [5.74, 6) is 1.35. The standard InChI is InChI=1S/C11H18N6O/c1-7(6-16(3)4)12-9-5-10-14-15-11(18)17(10)8(2)13-9/h5,7,12H,6H2,1-4H3,(H,15,18). The highest BCUT2D eigenvalue weighted by Crippen LogP contribution is 2.09. The summed E-state index contributed by atoms with van der Waals surface area (Å²) in [6, 6.07) is 2.02. The van der Waals surface area contributed by atoms with Crippen LogP contribution in [0.25, 0.3) is 5.65 Å². The van der Waals surface area contributed by atoms with Crippen LogP contribution in [0.15, 0.2) is 10.9 Å². The first-order valence-electron chi connectivity index (χ1n) is 5.83. The Hall–Kier alpha value is -1.89. The lowest BCUT2D eigenvalue weighted by Crippen LogP contribution is -2.30. The van der Waals surface area contributed by atoms with Crippen molar-refractivity contribution in [3.8, 4) is 0 Å². The summed E-state index contributed by atoms with van der Waals surface area (Å²) in [7, 11) is 4.04. The molecule has 0 radical (unpaired) electrons. The highest BCUT2D eigenvalue weighted by molar-refractivity contribution is 5.50. The number of aryl methyl sites for hydroxylation is 1. The lowest BCUT2D eigenvalue weighted by molar-refractivity contribution is 0.392. The van der Waals surface area contributed by atoms with Crippen LogP contribution in [0.4, 0.5) is 5.82 Å². The first kappa shape index (κ1) is 12.6. The van der Waals surface area contributed by atoms with E-state index < -0.39 is 0 Å². The Labute approximate surface area is 105 Å². The number of likely N-dealkylation sites (N-methyl/N-ethyl adjacent to an activating group) is 1. The van der Waals surface area contributed by atoms with E-state index in [1.807, 2.05) is 14.1 Å². The predicted molar refractivity (Wildman–Crippen MR) is 70.0 cm³/mol. The summed E-state index contributed by atoms with van der Waals surface area (Å²) < 4.78 is 1.45. The number of H-pyrrole nitrogens is 1. The van der Waals surface area contributed by atoms with Gasteiger partial charge >= 0.3 is 5.69 Å². The fourth-order valence-corrected chi connectivity index (χ4v) is 2.02. The maximum atomic E-state index is 11.5. The number of aromatic amines is 1. The summed E-state index contributed by atoms with van der Waals surface area (Å²) in [6.45, 7) is 4.77. The van der Waals surface area contributed by atoms with E-state index in [4.69, 9.17) is 0 Å². The molecule has 0 bridgehead atoms. The minimum absolute atomic E-state index is 0.261. The molecule has 7 heteroatoms. The van der Waals surface area contributed by atoms with Crippen molar-refractivity contribution in [3.05, 3.63) is 22.4 Å². The lowest BCUT2D eigenvalue weighted by atomic mass is 10.3. The van der Waals surface area contributed by atoms with Gasteiger partial charge in [-0.25, -0.2) is 19.3 Å². The number of aromatic nitrogens is 4. The van der Waals surface area contributed by atoms with E-state index in [9.17, 15) is 4.79 Å². The van der Waals surface area contributed by atoms with E-state index in [1.54, 1.807) is 13.0 Å². The predicted octanol–water partition coefficient (Wildman–Crippen LogP) is 0.0880. The maximum Gasteiger partial charge on any atom is 0.349 e. The molecule has 0 saturated carbocycles. The number of hydrogen-bond donors (Lipinski definition) is 2. The minimum Gasteiger partial charge on any atom is -0.366 e. The van der Waals surface area contributed by atoms with E-state index in [0.29, 0.717) is 11.5 Å². The van der Waals surface area contributed by atoms with Gasteiger partial charge in [-0.1, -0.05) is 0 Å². The summed E-state index contributed by atoms with van der Waals surface area (Å²) >= 11 is 0. The van der Waals surface area contributed by atoms with Gasteiger partial charge in [-0.05, 0) is 27.9 Å². The molecule has 1 unspecified atom stereocenters. The van der Waals surface area contributed by atoms with Crippen LogP contribution in [0.2, 0.25) is 0 Å². The van der Waals surface area contributed by atoms with Crippen LogP contribution >= 0.6 is 0 Å². The average Bonchev–Trinajstić information content (AvgIpc) is 2.58. The van der Waals surface area contributed by atoms with Crippen molar-refractivity contribution < 1.29 is 0 Å². The molecule has 0 aliphatic rings. The largest absolute Gasteiger partial charge is 0.366 e. The topological polar surface area (TPSA) is 78.3 Å². The molecule has 2 rings (SSSR count). The summed E-state index contributed by atoms with van der Waals surface area (Å²) in [5, 5.41) is 9.65. The fourth-order valence-electron chi connectivity index (χ4n) is 2.02. The molecule has 0 fully saturated rings. The third-order valence-electron chi connectivity index (χ3n) is 2.60. The van der Waals surface area contributed by atoms with Gasteiger partial charge in [-0.3, -0.25) is 0 Å². The second-order valence-electron chi connectivity index (χ2n) is 4.72. The monoisotopic (exact) mass is 250 g/mol. The second kappa shape index (κ2) is 4.77. The summed E-state index contributed by atoms with van der Waals surface area (Å²) in [6.07, 6.45) is 0. The van der Waals surface area contributed by atoms with Crippen LogP contribution in [0.1, 0.15) is 12.7 Å². The highest BCUT2D eigenvalue weighted by Gasteiger charge is 2.09. The fraction of sp³-hybridized carbons (Fsp3) is 0.545. The van der Waals surface area contributed by atoms with Crippen molar-refractivity contribution in [2.45, 2.75) is 19.9 Å². The van der Waals surface area contributed by atoms with Gasteiger partial charge in [0.1, 0.15) is 11.6 Å². The summed E-state index contributed by atoms with van der Waals surface area (Å²) in [4.78, 5) is 17.9. The number of rotatable bonds is 4. The van der Waals surface area contributed by atoms with E-state index in [2.05, 4.69) is 32.3 Å². The Balaban J connectivity index is 2.27. The smallest absolute Gasteiger partial charge is 0.349 e. The Bertz CT molecular complexity index is 599. The van der Waals surface area contributed by atoms with E-state index in [1.165, 1.54) is 4.40 Å². The Kier molecular flexibility index (Phi) is 3.33. The number of fused-ring (bicyclic) bond motifs is 1. The van der Waals surface area contributed by atoms with Crippen LogP contribution in [-0.2, 0) is 0 Å². The zero-order valence-electron chi connectivity index (χ0n) is 11.1. The second-order valence-corrected chi connectivity index (χ2v) is 4.72. The van der Waals surface area contributed by atoms with Crippen molar-refractivity contribution in [1.82, 2.24) is 24.5 Å². The Morgan fingerprint density at radius 2 is 2.28 bits per heavy atom. The van der Waals surface area contributed by atoms with E-state index in [0.717, 1.165) is 12.4 Å². The zero-order valence-corrected chi connectivity index (χ0v) is 11.1. The molecule has 2 N–H and O–H groups in total. The van der Waals surface area contributed by atoms with Gasteiger partial charge in [0, 0.05) is 18.7 Å². The number of nitrogens with one attached hydrogen (secondary N) is 2. The SMILES string of the molecule is Cc1nc(NC(C)CN(C)C)cc2n[nH]c(=O)n12. The molecular formula is C11H18N6O. The first-order chi connectivity index (χ1) is 8.47. The molecule has 1 atom stereocenters. The van der Waals surface area contributed by atoms with Gasteiger partial charge in [0.15, 0.2) is 5.65 Å². The quantitative estimate of drug-likeness (QED) is 0.804. The lowest BCUT2D eigenvalue weighted by Gasteiger charge is -2.18. The molecule has 0 aliphatic heterocycles. The molecular weight excluding hydrogens is 232 g/mol. The van der Waals surface area contributed by atoms with Crippen molar-refractivity contribution in [2.24, 2.45) is 0 Å². The molecule has 98 valence electrons. The zero-order chi connectivity index (χ0) is 13.3. The maximum absolute atomic E-state index is 11.5. The van der Waals surface area contributed by atoms with Crippen molar-refractivity contribution in [3.63, 3.8) is 0 Å². The van der Waals surface area contributed by atoms with Gasteiger partial charge in [0.2, 0.25) is 0 Å². The average molecular weight is 250 g/mol. The van der Waals surface area contributed by atoms with Crippen LogP contribution in [0, 0.1) is 6.92 Å². The van der Waals surface area contributed by atoms with Gasteiger partial charge in [-0.15, -0.1) is 0 Å². The number of anilines is 1. The van der Waals surface area contributed by atoms with E-state index in [-0.39, 0.29) is 11.7 Å². The number of nitrogens with zero attached hydrogens (tertiary/aromatic N) is 4. The van der Waals surface area contributed by atoms with E-state index >= 15 is 0 Å². The van der Waals surface area contributed by atoms with Gasteiger partial charge < -0.3 is 10.2 Å². The minimum atomic E-state index is -0.261. The van der Waals surface area contributed by atoms with Crippen LogP contribution < -0.4 is 11.0 Å². The molecule has 2 aromatic heterocycles. The Morgan fingerprint density at radius 1 is 1.56 bits per heavy atom. The molecule has 0 spiro atoms. The molecule has 2 heterocycles. The normalized spacial score (nSPS) is 13.2. The molecule has 0 saturated heterocycles. The third kappa shape index (κ3) is 2.51. The summed E-state index contributed by atoms with van der Waals surface area (Å²) in [5.41, 5.74) is 0.315. The van der Waals surface area contributed by atoms with Gasteiger partial charge in [-0.2, -0.15) is 5.10 Å². The van der Waals surface area contributed by atoms with Crippen molar-refractivity contribution in [2.75, 3.05) is 26.0 Å². The molecule has 2 aromatic rings. The van der Waals surface area contributed by atoms with Crippen molar-refractivity contribution >= 4 is 11.5 Å². The van der Waals surface area contributed by atoms with Crippen LogP contribution in [0.3, 0.4) is 0 Å². The number of hydrogen-bond acceptors (Lipinski definition) is 5.